The molecule has 0 heterocycles. The summed E-state index contributed by atoms with van der Waals surface area (Å²) >= 11 is 0. The molecule has 0 spiro atoms. The monoisotopic (exact) mass is 783 g/mol. The molecule has 4 rings (SSSR count). The van der Waals surface area contributed by atoms with Crippen LogP contribution in [0.15, 0.2) is 48.5 Å². The van der Waals surface area contributed by atoms with Gasteiger partial charge in [-0.1, -0.05) is 150 Å². The fourth-order valence-electron chi connectivity index (χ4n) is 7.33. The molecule has 0 saturated carbocycles. The number of hydrogen-bond acceptors (Lipinski definition) is 0. The Kier molecular flexibility index (Phi) is 23.2. The van der Waals surface area contributed by atoms with E-state index < -0.39 is 0 Å². The predicted molar refractivity (Wildman–Crippen MR) is 260 cm³/mol. The van der Waals surface area contributed by atoms with Gasteiger partial charge in [-0.15, -0.1) is 18.5 Å². The summed E-state index contributed by atoms with van der Waals surface area (Å²) < 4.78 is 0. The van der Waals surface area contributed by atoms with E-state index in [0.29, 0.717) is 23.7 Å². The molecule has 55 heavy (non-hydrogen) atoms. The zero-order valence-electron chi connectivity index (χ0n) is 39.0. The zero-order chi connectivity index (χ0) is 42.2. The van der Waals surface area contributed by atoms with Crippen molar-refractivity contribution in [1.82, 2.24) is 0 Å². The lowest BCUT2D eigenvalue weighted by Gasteiger charge is -2.29. The van der Waals surface area contributed by atoms with Gasteiger partial charge in [-0.05, 0) is 181 Å². The summed E-state index contributed by atoms with van der Waals surface area (Å²) in [6.45, 7) is 40.8. The molecular weight excluding hydrogens is 699 g/mol. The van der Waals surface area contributed by atoms with Gasteiger partial charge in [0.2, 0.25) is 0 Å². The number of rotatable bonds is 11. The van der Waals surface area contributed by atoms with Gasteiger partial charge >= 0.3 is 0 Å². The molecule has 0 nitrogen and oxygen atoms in total. The Morgan fingerprint density at radius 3 is 1.11 bits per heavy atom. The van der Waals surface area contributed by atoms with Crippen LogP contribution >= 0.6 is 18.5 Å². The van der Waals surface area contributed by atoms with Crippen molar-refractivity contribution in [2.75, 3.05) is 0 Å². The SMILES string of the molecule is CCCC.CCCCc1ccc(C)c(C)c1.Cc1c(C(C)C)cc(C(C)C)c(CP)c1-c1c(C)c(C(C)C)cc(C(C)C)c1CP.Cc1ccc(C)c(C)c1. The van der Waals surface area contributed by atoms with E-state index in [0.717, 1.165) is 12.3 Å². The third kappa shape index (κ3) is 14.9. The van der Waals surface area contributed by atoms with E-state index in [9.17, 15) is 0 Å². The Balaban J connectivity index is 0.000000488. The van der Waals surface area contributed by atoms with Crippen LogP contribution in [0.5, 0.6) is 0 Å². The van der Waals surface area contributed by atoms with E-state index in [2.05, 4.69) is 192 Å². The van der Waals surface area contributed by atoms with E-state index in [1.165, 1.54) is 121 Å². The van der Waals surface area contributed by atoms with Gasteiger partial charge < -0.3 is 0 Å². The standard InChI is InChI=1S/C28H44P2.C12H18.C9H12.C4H10/c1-15(2)21-11-23(17(5)6)25(13-29)27(19(21)9)28-20(10)22(16(3)4)12-24(18(7)8)26(28)14-30;1-4-5-6-12-8-7-10(2)11(3)9-12;1-7-4-5-8(2)9(3)6-7;1-3-4-2/h11-12,15-18H,13-14,29-30H2,1-10H3;7-9H,4-6H2,1-3H3;4-6H,1-3H3;3-4H2,1-2H3. The zero-order valence-corrected chi connectivity index (χ0v) is 41.3. The maximum Gasteiger partial charge on any atom is -0.0108 e. The highest BCUT2D eigenvalue weighted by atomic mass is 31.0. The Morgan fingerprint density at radius 2 is 0.818 bits per heavy atom. The molecule has 0 bridgehead atoms. The van der Waals surface area contributed by atoms with Crippen LogP contribution in [0.3, 0.4) is 0 Å². The Labute approximate surface area is 347 Å². The first kappa shape index (κ1) is 50.8. The summed E-state index contributed by atoms with van der Waals surface area (Å²) in [5.74, 6) is 2.10. The number of unbranched alkanes of at least 4 members (excludes halogenated alkanes) is 2. The fourth-order valence-corrected chi connectivity index (χ4v) is 8.21. The molecule has 0 fully saturated rings. The fraction of sp³-hybridized carbons (Fsp3) is 0.547. The maximum absolute atomic E-state index is 3.02. The van der Waals surface area contributed by atoms with Gasteiger partial charge in [0.1, 0.15) is 0 Å². The van der Waals surface area contributed by atoms with Gasteiger partial charge in [0, 0.05) is 0 Å². The van der Waals surface area contributed by atoms with Gasteiger partial charge in [0.05, 0.1) is 0 Å². The molecule has 0 N–H and O–H groups in total. The molecule has 2 heteroatoms. The van der Waals surface area contributed by atoms with Crippen LogP contribution in [0.25, 0.3) is 11.1 Å². The lowest BCUT2D eigenvalue weighted by molar-refractivity contribution is 0.794. The van der Waals surface area contributed by atoms with Crippen LogP contribution in [0.1, 0.15) is 203 Å². The highest BCUT2D eigenvalue weighted by molar-refractivity contribution is 7.15. The Hall–Kier alpha value is -2.26. The minimum absolute atomic E-state index is 0.523. The molecule has 2 atom stereocenters. The third-order valence-corrected chi connectivity index (χ3v) is 12.1. The Bertz CT molecular complexity index is 1670. The molecule has 0 aliphatic carbocycles. The Morgan fingerprint density at radius 1 is 0.436 bits per heavy atom. The van der Waals surface area contributed by atoms with Crippen molar-refractivity contribution < 1.29 is 0 Å². The van der Waals surface area contributed by atoms with Crippen LogP contribution in [0.4, 0.5) is 0 Å². The molecule has 0 aliphatic rings. The van der Waals surface area contributed by atoms with Crippen molar-refractivity contribution in [3.8, 4) is 11.1 Å². The summed E-state index contributed by atoms with van der Waals surface area (Å²) in [5.41, 5.74) is 23.5. The van der Waals surface area contributed by atoms with E-state index in [-0.39, 0.29) is 0 Å². The summed E-state index contributed by atoms with van der Waals surface area (Å²) in [6.07, 6.45) is 8.47. The average molecular weight is 783 g/mol. The summed E-state index contributed by atoms with van der Waals surface area (Å²) in [5, 5.41) is 0. The summed E-state index contributed by atoms with van der Waals surface area (Å²) in [7, 11) is 6.05. The van der Waals surface area contributed by atoms with Crippen molar-refractivity contribution in [2.45, 2.75) is 193 Å². The first-order valence-corrected chi connectivity index (χ1v) is 23.3. The molecule has 0 amide bonds. The minimum Gasteiger partial charge on any atom is -0.133 e. The number of hydrogen-bond donors (Lipinski definition) is 0. The van der Waals surface area contributed by atoms with E-state index in [1.54, 1.807) is 0 Å². The maximum atomic E-state index is 3.02. The van der Waals surface area contributed by atoms with Crippen molar-refractivity contribution in [3.63, 3.8) is 0 Å². The minimum atomic E-state index is 0.523. The van der Waals surface area contributed by atoms with Crippen molar-refractivity contribution in [2.24, 2.45) is 0 Å². The predicted octanol–water partition coefficient (Wildman–Crippen LogP) is 17.3. The summed E-state index contributed by atoms with van der Waals surface area (Å²) in [4.78, 5) is 0. The van der Waals surface area contributed by atoms with Gasteiger partial charge in [0.15, 0.2) is 0 Å². The van der Waals surface area contributed by atoms with E-state index >= 15 is 0 Å². The average Bonchev–Trinajstić information content (AvgIpc) is 3.13. The molecule has 0 aromatic heterocycles. The van der Waals surface area contributed by atoms with Crippen LogP contribution < -0.4 is 0 Å². The number of benzene rings is 4. The highest BCUT2D eigenvalue weighted by Crippen LogP contribution is 2.45. The molecule has 306 valence electrons. The first-order chi connectivity index (χ1) is 25.8. The lowest BCUT2D eigenvalue weighted by Crippen LogP contribution is -2.10. The largest absolute Gasteiger partial charge is 0.133 e. The van der Waals surface area contributed by atoms with Crippen LogP contribution in [0.2, 0.25) is 0 Å². The lowest BCUT2D eigenvalue weighted by atomic mass is 9.77. The normalized spacial score (nSPS) is 11.0. The molecular formula is C53H84P2. The molecule has 2 unspecified atom stereocenters. The molecule has 0 radical (unpaired) electrons. The highest BCUT2D eigenvalue weighted by Gasteiger charge is 2.25. The van der Waals surface area contributed by atoms with E-state index in [4.69, 9.17) is 0 Å². The second-order valence-electron chi connectivity index (χ2n) is 17.2. The molecule has 4 aromatic rings. The third-order valence-electron chi connectivity index (χ3n) is 11.2. The van der Waals surface area contributed by atoms with Crippen molar-refractivity contribution in [3.05, 3.63) is 126 Å². The molecule has 4 aromatic carbocycles. The van der Waals surface area contributed by atoms with Crippen LogP contribution in [-0.4, -0.2) is 0 Å². The van der Waals surface area contributed by atoms with Crippen LogP contribution in [0, 0.1) is 48.5 Å². The van der Waals surface area contributed by atoms with Gasteiger partial charge in [0.25, 0.3) is 0 Å². The summed E-state index contributed by atoms with van der Waals surface area (Å²) in [6, 6.07) is 18.3. The van der Waals surface area contributed by atoms with Gasteiger partial charge in [-0.3, -0.25) is 0 Å². The van der Waals surface area contributed by atoms with Crippen molar-refractivity contribution in [1.29, 1.82) is 0 Å². The number of aryl methyl sites for hydroxylation is 6. The van der Waals surface area contributed by atoms with Gasteiger partial charge in [-0.2, -0.15) is 0 Å². The molecule has 0 aliphatic heterocycles. The van der Waals surface area contributed by atoms with Crippen molar-refractivity contribution >= 4 is 18.5 Å². The van der Waals surface area contributed by atoms with Crippen LogP contribution in [-0.2, 0) is 18.7 Å². The second-order valence-corrected chi connectivity index (χ2v) is 18.0. The topological polar surface area (TPSA) is 0 Å². The second kappa shape index (κ2) is 25.2. The quantitative estimate of drug-likeness (QED) is 0.133. The smallest absolute Gasteiger partial charge is 0.0108 e. The first-order valence-electron chi connectivity index (χ1n) is 21.7. The van der Waals surface area contributed by atoms with E-state index in [1.807, 2.05) is 0 Å². The van der Waals surface area contributed by atoms with Gasteiger partial charge in [-0.25, -0.2) is 0 Å². The molecule has 0 saturated heterocycles.